The highest BCUT2D eigenvalue weighted by molar-refractivity contribution is 6.09. The van der Waals surface area contributed by atoms with E-state index >= 15 is 0 Å². The predicted octanol–water partition coefficient (Wildman–Crippen LogP) is 8.40. The Morgan fingerprint density at radius 2 is 1.17 bits per heavy atom. The Balaban J connectivity index is 1.24. The maximum absolute atomic E-state index is 13.5. The minimum atomic E-state index is -0.333. The summed E-state index contributed by atoms with van der Waals surface area (Å²) in [6, 6.07) is 38.1. The fraction of sp³-hybridized carbons (Fsp3) is 0. The number of rotatable bonds is 3. The van der Waals surface area contributed by atoms with E-state index in [1.807, 2.05) is 12.1 Å². The van der Waals surface area contributed by atoms with E-state index in [1.165, 1.54) is 33.9 Å². The van der Waals surface area contributed by atoms with E-state index in [4.69, 9.17) is 4.42 Å². The van der Waals surface area contributed by atoms with Gasteiger partial charge in [-0.15, -0.1) is 0 Å². The summed E-state index contributed by atoms with van der Waals surface area (Å²) in [5.74, 6) is 0.152. The van der Waals surface area contributed by atoms with Crippen molar-refractivity contribution in [1.82, 2.24) is 9.55 Å². The van der Waals surface area contributed by atoms with Crippen LogP contribution in [0.25, 0.3) is 61.2 Å². The summed E-state index contributed by atoms with van der Waals surface area (Å²) in [5.41, 5.74) is 7.70. The van der Waals surface area contributed by atoms with Crippen LogP contribution in [0.1, 0.15) is 0 Å². The monoisotopic (exact) mass is 454 g/mol. The smallest absolute Gasteiger partial charge is 0.227 e. The molecule has 0 radical (unpaired) electrons. The van der Waals surface area contributed by atoms with Crippen LogP contribution in [0, 0.1) is 5.82 Å². The topological polar surface area (TPSA) is 31.0 Å². The molecule has 0 unspecified atom stereocenters. The minimum Gasteiger partial charge on any atom is -0.436 e. The average Bonchev–Trinajstić information content (AvgIpc) is 3.48. The molecule has 0 saturated carbocycles. The Morgan fingerprint density at radius 1 is 0.600 bits per heavy atom. The highest BCUT2D eigenvalue weighted by Crippen LogP contribution is 2.33. The van der Waals surface area contributed by atoms with Gasteiger partial charge in [0.15, 0.2) is 5.58 Å². The summed E-state index contributed by atoms with van der Waals surface area (Å²) < 4.78 is 21.5. The molecule has 166 valence electrons. The standard InChI is InChI=1S/C31H19FN2O/c32-23-15-18-27-30(19-23)35-31(33-27)22-11-9-20(10-12-22)21-13-16-24(17-14-21)34-28-7-3-1-5-25(28)26-6-2-4-8-29(26)34/h1-19H. The Morgan fingerprint density at radius 3 is 1.83 bits per heavy atom. The maximum Gasteiger partial charge on any atom is 0.227 e. The molecule has 0 atom stereocenters. The van der Waals surface area contributed by atoms with E-state index in [1.54, 1.807) is 6.07 Å². The number of para-hydroxylation sites is 2. The highest BCUT2D eigenvalue weighted by atomic mass is 19.1. The number of halogens is 1. The van der Waals surface area contributed by atoms with Crippen LogP contribution in [0.3, 0.4) is 0 Å². The first-order chi connectivity index (χ1) is 17.2. The second kappa shape index (κ2) is 7.67. The summed E-state index contributed by atoms with van der Waals surface area (Å²) in [7, 11) is 0. The minimum absolute atomic E-state index is 0.333. The summed E-state index contributed by atoms with van der Waals surface area (Å²) in [5, 5.41) is 2.51. The van der Waals surface area contributed by atoms with E-state index in [2.05, 4.69) is 94.5 Å². The molecule has 0 amide bonds. The number of hydrogen-bond acceptors (Lipinski definition) is 2. The molecule has 35 heavy (non-hydrogen) atoms. The third kappa shape index (κ3) is 3.22. The molecule has 7 aromatic rings. The van der Waals surface area contributed by atoms with Crippen LogP contribution in [0.2, 0.25) is 0 Å². The molecule has 0 N–H and O–H groups in total. The van der Waals surface area contributed by atoms with Gasteiger partial charge in [-0.3, -0.25) is 0 Å². The average molecular weight is 455 g/mol. The number of oxazole rings is 1. The molecule has 7 rings (SSSR count). The van der Waals surface area contributed by atoms with Crippen molar-refractivity contribution in [2.24, 2.45) is 0 Å². The van der Waals surface area contributed by atoms with Gasteiger partial charge in [-0.25, -0.2) is 9.37 Å². The molecule has 2 aromatic heterocycles. The van der Waals surface area contributed by atoms with Crippen LogP contribution in [-0.4, -0.2) is 9.55 Å². The lowest BCUT2D eigenvalue weighted by molar-refractivity contribution is 0.602. The number of fused-ring (bicyclic) bond motifs is 4. The molecule has 5 aromatic carbocycles. The molecule has 4 heteroatoms. The van der Waals surface area contributed by atoms with E-state index in [9.17, 15) is 4.39 Å². The molecule has 2 heterocycles. The normalized spacial score (nSPS) is 11.6. The van der Waals surface area contributed by atoms with Crippen LogP contribution in [0.15, 0.2) is 120 Å². The number of benzene rings is 5. The first-order valence-electron chi connectivity index (χ1n) is 11.5. The maximum atomic E-state index is 13.5. The van der Waals surface area contributed by atoms with Crippen molar-refractivity contribution < 1.29 is 8.81 Å². The first kappa shape index (κ1) is 19.7. The van der Waals surface area contributed by atoms with Crippen molar-refractivity contribution in [3.63, 3.8) is 0 Å². The highest BCUT2D eigenvalue weighted by Gasteiger charge is 2.12. The van der Waals surface area contributed by atoms with E-state index in [-0.39, 0.29) is 5.82 Å². The van der Waals surface area contributed by atoms with Gasteiger partial charge in [-0.05, 0) is 59.7 Å². The van der Waals surface area contributed by atoms with Gasteiger partial charge in [0.05, 0.1) is 11.0 Å². The lowest BCUT2D eigenvalue weighted by atomic mass is 10.0. The SMILES string of the molecule is Fc1ccc2nc(-c3ccc(-c4ccc(-n5c6ccccc6c6ccccc65)cc4)cc3)oc2c1. The van der Waals surface area contributed by atoms with Gasteiger partial charge >= 0.3 is 0 Å². The van der Waals surface area contributed by atoms with Gasteiger partial charge in [0, 0.05) is 28.1 Å². The van der Waals surface area contributed by atoms with Crippen molar-refractivity contribution in [3.8, 4) is 28.3 Å². The lowest BCUT2D eigenvalue weighted by Crippen LogP contribution is -1.93. The van der Waals surface area contributed by atoms with Gasteiger partial charge in [-0.2, -0.15) is 0 Å². The van der Waals surface area contributed by atoms with Crippen LogP contribution in [0.5, 0.6) is 0 Å². The van der Waals surface area contributed by atoms with Crippen molar-refractivity contribution in [2.75, 3.05) is 0 Å². The molecule has 0 spiro atoms. The molecule has 0 aliphatic heterocycles. The van der Waals surface area contributed by atoms with Gasteiger partial charge in [-0.1, -0.05) is 60.7 Å². The van der Waals surface area contributed by atoms with E-state index < -0.39 is 0 Å². The largest absolute Gasteiger partial charge is 0.436 e. The Kier molecular flexibility index (Phi) is 4.33. The Hall–Kier alpha value is -4.70. The van der Waals surface area contributed by atoms with Crippen molar-refractivity contribution >= 4 is 32.9 Å². The third-order valence-electron chi connectivity index (χ3n) is 6.52. The third-order valence-corrected chi connectivity index (χ3v) is 6.52. The van der Waals surface area contributed by atoms with Gasteiger partial charge in [0.1, 0.15) is 11.3 Å². The fourth-order valence-corrected chi connectivity index (χ4v) is 4.83. The summed E-state index contributed by atoms with van der Waals surface area (Å²) in [6.07, 6.45) is 0. The summed E-state index contributed by atoms with van der Waals surface area (Å²) in [6.45, 7) is 0. The zero-order chi connectivity index (χ0) is 23.4. The van der Waals surface area contributed by atoms with Crippen molar-refractivity contribution in [2.45, 2.75) is 0 Å². The van der Waals surface area contributed by atoms with Crippen LogP contribution < -0.4 is 0 Å². The molecular weight excluding hydrogens is 435 g/mol. The number of aromatic nitrogens is 2. The van der Waals surface area contributed by atoms with Crippen LogP contribution in [-0.2, 0) is 0 Å². The number of nitrogens with zero attached hydrogens (tertiary/aromatic N) is 2. The van der Waals surface area contributed by atoms with E-state index in [0.717, 1.165) is 22.4 Å². The van der Waals surface area contributed by atoms with Crippen molar-refractivity contribution in [3.05, 3.63) is 121 Å². The second-order valence-electron chi connectivity index (χ2n) is 8.62. The lowest BCUT2D eigenvalue weighted by Gasteiger charge is -2.09. The molecular formula is C31H19FN2O. The zero-order valence-corrected chi connectivity index (χ0v) is 18.7. The van der Waals surface area contributed by atoms with E-state index in [0.29, 0.717) is 17.0 Å². The van der Waals surface area contributed by atoms with Gasteiger partial charge < -0.3 is 8.98 Å². The second-order valence-corrected chi connectivity index (χ2v) is 8.62. The van der Waals surface area contributed by atoms with Gasteiger partial charge in [0.2, 0.25) is 5.89 Å². The predicted molar refractivity (Wildman–Crippen MR) is 139 cm³/mol. The van der Waals surface area contributed by atoms with Crippen LogP contribution in [0.4, 0.5) is 4.39 Å². The Labute approximate surface area is 200 Å². The molecule has 0 aliphatic carbocycles. The summed E-state index contributed by atoms with van der Waals surface area (Å²) in [4.78, 5) is 4.48. The first-order valence-corrected chi connectivity index (χ1v) is 11.5. The molecule has 3 nitrogen and oxygen atoms in total. The fourth-order valence-electron chi connectivity index (χ4n) is 4.83. The zero-order valence-electron chi connectivity index (χ0n) is 18.7. The van der Waals surface area contributed by atoms with Crippen molar-refractivity contribution in [1.29, 1.82) is 0 Å². The Bertz CT molecular complexity index is 1790. The molecule has 0 aliphatic rings. The quantitative estimate of drug-likeness (QED) is 0.268. The van der Waals surface area contributed by atoms with Crippen LogP contribution >= 0.6 is 0 Å². The molecule has 0 saturated heterocycles. The molecule has 0 fully saturated rings. The molecule has 0 bridgehead atoms. The van der Waals surface area contributed by atoms with Gasteiger partial charge in [0.25, 0.3) is 0 Å². The summed E-state index contributed by atoms with van der Waals surface area (Å²) >= 11 is 0. The number of hydrogen-bond donors (Lipinski definition) is 0.